The molecule has 2 aromatic rings. The molecule has 0 spiro atoms. The van der Waals surface area contributed by atoms with Crippen LogP contribution in [0.1, 0.15) is 94.9 Å². The first-order valence-corrected chi connectivity index (χ1v) is 13.4. The lowest BCUT2D eigenvalue weighted by atomic mass is 9.77. The van der Waals surface area contributed by atoms with Gasteiger partial charge in [0.2, 0.25) is 0 Å². The van der Waals surface area contributed by atoms with Gasteiger partial charge in [-0.3, -0.25) is 0 Å². The van der Waals surface area contributed by atoms with Crippen molar-refractivity contribution in [2.75, 3.05) is 25.5 Å². The van der Waals surface area contributed by atoms with E-state index in [1.165, 1.54) is 54.6 Å². The number of hydrogen-bond donors (Lipinski definition) is 0. The van der Waals surface area contributed by atoms with Crippen LogP contribution >= 0.6 is 23.2 Å². The Balaban J connectivity index is 2.02. The minimum atomic E-state index is -0.0815. The molecule has 0 aromatic heterocycles. The van der Waals surface area contributed by atoms with Crippen LogP contribution in [-0.2, 0) is 11.8 Å². The topological polar surface area (TPSA) is 3.24 Å². The van der Waals surface area contributed by atoms with Crippen molar-refractivity contribution in [1.29, 1.82) is 0 Å². The molecule has 0 aliphatic heterocycles. The first-order chi connectivity index (χ1) is 15.3. The van der Waals surface area contributed by atoms with Gasteiger partial charge in [0.05, 0.1) is 0 Å². The highest BCUT2D eigenvalue weighted by atomic mass is 35.5. The third-order valence-electron chi connectivity index (χ3n) is 6.90. The van der Waals surface area contributed by atoms with E-state index in [4.69, 9.17) is 23.2 Å². The number of benzene rings is 2. The zero-order valence-electron chi connectivity index (χ0n) is 20.9. The summed E-state index contributed by atoms with van der Waals surface area (Å²) in [6.07, 6.45) is 6.85. The maximum absolute atomic E-state index is 6.63. The van der Waals surface area contributed by atoms with Gasteiger partial charge in [-0.15, -0.1) is 11.6 Å². The highest BCUT2D eigenvalue weighted by molar-refractivity contribution is 6.31. The van der Waals surface area contributed by atoms with Gasteiger partial charge in [-0.05, 0) is 92.4 Å². The first-order valence-electron chi connectivity index (χ1n) is 12.5. The molecule has 0 radical (unpaired) electrons. The molecule has 0 saturated carbocycles. The first kappa shape index (κ1) is 27.2. The van der Waals surface area contributed by atoms with E-state index in [2.05, 4.69) is 82.0 Å². The van der Waals surface area contributed by atoms with Gasteiger partial charge in [0.1, 0.15) is 0 Å². The molecule has 1 atom stereocenters. The van der Waals surface area contributed by atoms with E-state index in [1.807, 2.05) is 0 Å². The van der Waals surface area contributed by atoms with Crippen LogP contribution in [-0.4, -0.2) is 30.4 Å². The van der Waals surface area contributed by atoms with Crippen molar-refractivity contribution < 1.29 is 0 Å². The Bertz CT molecular complexity index is 797. The van der Waals surface area contributed by atoms with E-state index >= 15 is 0 Å². The fourth-order valence-electron chi connectivity index (χ4n) is 4.48. The molecule has 0 saturated heterocycles. The average Bonchev–Trinajstić information content (AvgIpc) is 2.79. The predicted molar refractivity (Wildman–Crippen MR) is 144 cm³/mol. The maximum Gasteiger partial charge on any atom is 0.0441 e. The Morgan fingerprint density at radius 2 is 1.59 bits per heavy atom. The molecule has 0 fully saturated rings. The van der Waals surface area contributed by atoms with Crippen LogP contribution in [0, 0.1) is 0 Å². The fourth-order valence-corrected chi connectivity index (χ4v) is 4.94. The summed E-state index contributed by atoms with van der Waals surface area (Å²) in [6, 6.07) is 15.9. The van der Waals surface area contributed by atoms with Gasteiger partial charge in [0.25, 0.3) is 0 Å². The molecule has 2 aromatic carbocycles. The van der Waals surface area contributed by atoms with Gasteiger partial charge in [-0.2, -0.15) is 0 Å². The number of halogens is 2. The van der Waals surface area contributed by atoms with Gasteiger partial charge in [0.15, 0.2) is 0 Å². The molecule has 178 valence electrons. The number of alkyl halides is 1. The van der Waals surface area contributed by atoms with Crippen molar-refractivity contribution in [3.8, 4) is 0 Å². The van der Waals surface area contributed by atoms with Gasteiger partial charge in [-0.25, -0.2) is 0 Å². The molecule has 0 amide bonds. The minimum absolute atomic E-state index is 0.0815. The Hall–Kier alpha value is -1.02. The second-order valence-corrected chi connectivity index (χ2v) is 10.5. The van der Waals surface area contributed by atoms with E-state index in [9.17, 15) is 0 Å². The number of unbranched alkanes of at least 4 members (excludes halogenated alkanes) is 1. The van der Waals surface area contributed by atoms with Crippen molar-refractivity contribution in [3.05, 3.63) is 69.7 Å². The van der Waals surface area contributed by atoms with Crippen LogP contribution in [0.15, 0.2) is 42.5 Å². The number of nitrogens with zero attached hydrogens (tertiary/aromatic N) is 1. The lowest BCUT2D eigenvalue weighted by Gasteiger charge is -2.27. The van der Waals surface area contributed by atoms with Crippen LogP contribution in [0.25, 0.3) is 0 Å². The highest BCUT2D eigenvalue weighted by Crippen LogP contribution is 2.35. The quantitative estimate of drug-likeness (QED) is 0.194. The second-order valence-electron chi connectivity index (χ2n) is 9.68. The van der Waals surface area contributed by atoms with E-state index in [-0.39, 0.29) is 5.41 Å². The fraction of sp³-hybridized carbons (Fsp3) is 0.586. The zero-order valence-corrected chi connectivity index (χ0v) is 22.4. The van der Waals surface area contributed by atoms with Gasteiger partial charge < -0.3 is 4.90 Å². The van der Waals surface area contributed by atoms with Crippen molar-refractivity contribution in [2.45, 2.75) is 84.5 Å². The van der Waals surface area contributed by atoms with Gasteiger partial charge in [-0.1, -0.05) is 82.6 Å². The lowest BCUT2D eigenvalue weighted by molar-refractivity contribution is 0.280. The lowest BCUT2D eigenvalue weighted by Crippen LogP contribution is -2.25. The van der Waals surface area contributed by atoms with E-state index < -0.39 is 0 Å². The largest absolute Gasteiger partial charge is 0.304 e. The molecule has 1 unspecified atom stereocenters. The molecular weight excluding hydrogens is 433 g/mol. The Kier molecular flexibility index (Phi) is 11.6. The van der Waals surface area contributed by atoms with Crippen molar-refractivity contribution in [3.63, 3.8) is 0 Å². The molecule has 2 rings (SSSR count). The van der Waals surface area contributed by atoms with Gasteiger partial charge in [0, 0.05) is 16.3 Å². The number of rotatable bonds is 14. The monoisotopic (exact) mass is 475 g/mol. The molecule has 0 bridgehead atoms. The van der Waals surface area contributed by atoms with Crippen LogP contribution in [0.5, 0.6) is 0 Å². The summed E-state index contributed by atoms with van der Waals surface area (Å²) in [5.41, 5.74) is 5.18. The Morgan fingerprint density at radius 1 is 0.906 bits per heavy atom. The number of aryl methyl sites for hydroxylation is 1. The normalized spacial score (nSPS) is 13.0. The van der Waals surface area contributed by atoms with Crippen LogP contribution in [0.3, 0.4) is 0 Å². The minimum Gasteiger partial charge on any atom is -0.304 e. The van der Waals surface area contributed by atoms with Crippen molar-refractivity contribution in [2.24, 2.45) is 0 Å². The summed E-state index contributed by atoms with van der Waals surface area (Å²) in [7, 11) is 0. The van der Waals surface area contributed by atoms with E-state index in [0.717, 1.165) is 30.8 Å². The molecule has 0 aliphatic carbocycles. The standard InChI is InChI=1S/C29H43Cl2N/c1-6-20-32(7-2)21-10-11-23(3)24-13-16-26(17-14-24)29(4,5)27-18-15-25(28(31)22-27)12-8-9-19-30/h13-18,22-23H,6-12,19-21H2,1-5H3. The summed E-state index contributed by atoms with van der Waals surface area (Å²) in [6.45, 7) is 15.1. The molecule has 0 heterocycles. The number of hydrogen-bond acceptors (Lipinski definition) is 1. The summed E-state index contributed by atoms with van der Waals surface area (Å²) >= 11 is 12.4. The van der Waals surface area contributed by atoms with Crippen molar-refractivity contribution >= 4 is 23.2 Å². The Morgan fingerprint density at radius 3 is 2.19 bits per heavy atom. The average molecular weight is 477 g/mol. The van der Waals surface area contributed by atoms with E-state index in [0.29, 0.717) is 11.8 Å². The molecule has 32 heavy (non-hydrogen) atoms. The predicted octanol–water partition coefficient (Wildman–Crippen LogP) is 8.84. The summed E-state index contributed by atoms with van der Waals surface area (Å²) in [5, 5.41) is 0.875. The molecule has 0 N–H and O–H groups in total. The summed E-state index contributed by atoms with van der Waals surface area (Å²) < 4.78 is 0. The SMILES string of the molecule is CCCN(CC)CCCC(C)c1ccc(C(C)(C)c2ccc(CCCCCl)c(Cl)c2)cc1. The summed E-state index contributed by atoms with van der Waals surface area (Å²) in [5.74, 6) is 1.31. The Labute approximate surface area is 207 Å². The van der Waals surface area contributed by atoms with Crippen LogP contribution < -0.4 is 0 Å². The van der Waals surface area contributed by atoms with Gasteiger partial charge >= 0.3 is 0 Å². The van der Waals surface area contributed by atoms with Crippen molar-refractivity contribution in [1.82, 2.24) is 4.90 Å². The smallest absolute Gasteiger partial charge is 0.0441 e. The molecular formula is C29H43Cl2N. The molecule has 0 aliphatic rings. The summed E-state index contributed by atoms with van der Waals surface area (Å²) in [4.78, 5) is 2.56. The third kappa shape index (κ3) is 7.79. The zero-order chi connectivity index (χ0) is 23.6. The third-order valence-corrected chi connectivity index (χ3v) is 7.52. The molecule has 1 nitrogen and oxygen atoms in total. The highest BCUT2D eigenvalue weighted by Gasteiger charge is 2.24. The van der Waals surface area contributed by atoms with E-state index in [1.54, 1.807) is 0 Å². The maximum atomic E-state index is 6.63. The molecule has 3 heteroatoms. The van der Waals surface area contributed by atoms with Crippen LogP contribution in [0.2, 0.25) is 5.02 Å². The second kappa shape index (κ2) is 13.6. The van der Waals surface area contributed by atoms with Crippen LogP contribution in [0.4, 0.5) is 0 Å².